The minimum Gasteiger partial charge on any atom is -0.458 e. The minimum atomic E-state index is -0.987. The molecular weight excluding hydrogens is 488 g/mol. The molecule has 0 saturated carbocycles. The van der Waals surface area contributed by atoms with Crippen LogP contribution in [0.2, 0.25) is 5.02 Å². The number of fused-ring (bicyclic) bond motifs is 1. The lowest BCUT2D eigenvalue weighted by Crippen LogP contribution is -2.60. The van der Waals surface area contributed by atoms with Gasteiger partial charge < -0.3 is 19.8 Å². The summed E-state index contributed by atoms with van der Waals surface area (Å²) in [6, 6.07) is 5.07. The van der Waals surface area contributed by atoms with Crippen molar-refractivity contribution in [3.63, 3.8) is 0 Å². The lowest BCUT2D eigenvalue weighted by molar-refractivity contribution is -0.161. The first-order chi connectivity index (χ1) is 17.0. The van der Waals surface area contributed by atoms with Crippen LogP contribution in [0.3, 0.4) is 0 Å². The molecule has 3 aliphatic rings. The van der Waals surface area contributed by atoms with Crippen LogP contribution in [0.5, 0.6) is 0 Å². The molecule has 196 valence electrons. The van der Waals surface area contributed by atoms with E-state index in [9.17, 15) is 19.2 Å². The molecule has 2 atom stereocenters. The SMILES string of the molecule is CC(C)(C)OC(=O)C1CNCC2C(=O)N(OC(=O)N3CCC(CCc4ccc(Cl)cc4)CC3)C(=O)N12. The second-order valence-electron chi connectivity index (χ2n) is 10.5. The fourth-order valence-electron chi connectivity index (χ4n) is 4.79. The molecule has 3 saturated heterocycles. The number of nitrogens with one attached hydrogen (secondary N) is 1. The number of rotatable bonds is 5. The highest BCUT2D eigenvalue weighted by atomic mass is 35.5. The van der Waals surface area contributed by atoms with Crippen molar-refractivity contribution in [2.45, 2.75) is 64.1 Å². The summed E-state index contributed by atoms with van der Waals surface area (Å²) >= 11 is 5.94. The maximum atomic E-state index is 13.0. The lowest BCUT2D eigenvalue weighted by Gasteiger charge is -2.35. The lowest BCUT2D eigenvalue weighted by atomic mass is 9.91. The third-order valence-corrected chi connectivity index (χ3v) is 6.95. The Morgan fingerprint density at radius 2 is 1.75 bits per heavy atom. The number of imide groups is 1. The summed E-state index contributed by atoms with van der Waals surface area (Å²) < 4.78 is 5.42. The third kappa shape index (κ3) is 5.92. The van der Waals surface area contributed by atoms with E-state index in [1.54, 1.807) is 20.8 Å². The summed E-state index contributed by atoms with van der Waals surface area (Å²) in [6.45, 7) is 6.46. The Kier molecular flexibility index (Phi) is 7.75. The number of aryl methyl sites for hydroxylation is 1. The van der Waals surface area contributed by atoms with E-state index in [1.165, 1.54) is 10.5 Å². The average molecular weight is 521 g/mol. The first-order valence-corrected chi connectivity index (χ1v) is 12.7. The van der Waals surface area contributed by atoms with Crippen molar-refractivity contribution in [2.24, 2.45) is 5.92 Å². The number of likely N-dealkylation sites (tertiary alicyclic amines) is 1. The van der Waals surface area contributed by atoms with E-state index in [0.29, 0.717) is 29.1 Å². The summed E-state index contributed by atoms with van der Waals surface area (Å²) in [5.41, 5.74) is 0.479. The third-order valence-electron chi connectivity index (χ3n) is 6.70. The monoisotopic (exact) mass is 520 g/mol. The molecule has 0 bridgehead atoms. The maximum Gasteiger partial charge on any atom is 0.434 e. The quantitative estimate of drug-likeness (QED) is 0.469. The smallest absolute Gasteiger partial charge is 0.434 e. The Balaban J connectivity index is 1.30. The number of piperidine rings is 1. The van der Waals surface area contributed by atoms with Crippen LogP contribution in [-0.4, -0.2) is 82.7 Å². The average Bonchev–Trinajstić information content (AvgIpc) is 3.08. The highest BCUT2D eigenvalue weighted by Gasteiger charge is 2.54. The zero-order valence-corrected chi connectivity index (χ0v) is 21.6. The number of carbonyl (C=O) groups is 4. The molecule has 2 unspecified atom stereocenters. The first kappa shape index (κ1) is 26.2. The van der Waals surface area contributed by atoms with Crippen LogP contribution in [0.4, 0.5) is 9.59 Å². The van der Waals surface area contributed by atoms with E-state index in [0.717, 1.165) is 30.6 Å². The predicted octanol–water partition coefficient (Wildman–Crippen LogP) is 2.98. The Hall–Kier alpha value is -2.85. The topological polar surface area (TPSA) is 108 Å². The molecule has 0 spiro atoms. The van der Waals surface area contributed by atoms with Crippen LogP contribution in [0.25, 0.3) is 0 Å². The van der Waals surface area contributed by atoms with Gasteiger partial charge in [0.05, 0.1) is 0 Å². The molecule has 0 radical (unpaired) electrons. The molecule has 3 heterocycles. The van der Waals surface area contributed by atoms with Gasteiger partial charge in [-0.2, -0.15) is 0 Å². The molecular formula is C25H33ClN4O6. The van der Waals surface area contributed by atoms with Gasteiger partial charge in [0, 0.05) is 31.2 Å². The van der Waals surface area contributed by atoms with Gasteiger partial charge in [0.15, 0.2) is 0 Å². The van der Waals surface area contributed by atoms with Crippen LogP contribution in [0.1, 0.15) is 45.6 Å². The Morgan fingerprint density at radius 1 is 1.08 bits per heavy atom. The zero-order valence-electron chi connectivity index (χ0n) is 20.9. The van der Waals surface area contributed by atoms with E-state index >= 15 is 0 Å². The number of hydrogen-bond donors (Lipinski definition) is 1. The van der Waals surface area contributed by atoms with Crippen LogP contribution in [-0.2, 0) is 25.6 Å². The number of esters is 1. The highest BCUT2D eigenvalue weighted by molar-refractivity contribution is 6.30. The number of hydroxylamine groups is 2. The van der Waals surface area contributed by atoms with Crippen LogP contribution in [0.15, 0.2) is 24.3 Å². The van der Waals surface area contributed by atoms with Gasteiger partial charge in [-0.05, 0) is 70.1 Å². The van der Waals surface area contributed by atoms with Crippen molar-refractivity contribution in [3.05, 3.63) is 34.9 Å². The Morgan fingerprint density at radius 3 is 2.39 bits per heavy atom. The Bertz CT molecular complexity index is 1000. The van der Waals surface area contributed by atoms with Crippen LogP contribution < -0.4 is 5.32 Å². The number of benzene rings is 1. The van der Waals surface area contributed by atoms with Gasteiger partial charge in [-0.3, -0.25) is 9.69 Å². The zero-order chi connectivity index (χ0) is 26.0. The minimum absolute atomic E-state index is 0.149. The molecule has 1 aromatic carbocycles. The maximum absolute atomic E-state index is 13.0. The van der Waals surface area contributed by atoms with Crippen LogP contribution in [0, 0.1) is 5.92 Å². The summed E-state index contributed by atoms with van der Waals surface area (Å²) in [7, 11) is 0. The molecule has 4 rings (SSSR count). The van der Waals surface area contributed by atoms with Crippen molar-refractivity contribution in [3.8, 4) is 0 Å². The van der Waals surface area contributed by atoms with Gasteiger partial charge in [-0.25, -0.2) is 14.4 Å². The molecule has 1 N–H and O–H groups in total. The summed E-state index contributed by atoms with van der Waals surface area (Å²) in [5, 5.41) is 4.20. The normalized spacial score (nSPS) is 23.1. The van der Waals surface area contributed by atoms with Crippen molar-refractivity contribution < 1.29 is 28.8 Å². The fourth-order valence-corrected chi connectivity index (χ4v) is 4.92. The van der Waals surface area contributed by atoms with Crippen molar-refractivity contribution in [2.75, 3.05) is 26.2 Å². The molecule has 3 aliphatic heterocycles. The summed E-state index contributed by atoms with van der Waals surface area (Å²) in [5.74, 6) is -0.823. The van der Waals surface area contributed by atoms with E-state index in [4.69, 9.17) is 21.2 Å². The number of urea groups is 1. The number of amides is 4. The second-order valence-corrected chi connectivity index (χ2v) is 10.9. The van der Waals surface area contributed by atoms with E-state index in [1.807, 2.05) is 24.3 Å². The largest absolute Gasteiger partial charge is 0.458 e. The molecule has 0 aromatic heterocycles. The number of carbonyl (C=O) groups excluding carboxylic acids is 4. The van der Waals surface area contributed by atoms with E-state index in [-0.39, 0.29) is 13.1 Å². The molecule has 10 nitrogen and oxygen atoms in total. The van der Waals surface area contributed by atoms with Crippen LogP contribution >= 0.6 is 11.6 Å². The van der Waals surface area contributed by atoms with Gasteiger partial charge in [0.25, 0.3) is 5.91 Å². The highest BCUT2D eigenvalue weighted by Crippen LogP contribution is 2.27. The summed E-state index contributed by atoms with van der Waals surface area (Å²) in [6.07, 6.45) is 2.82. The number of ether oxygens (including phenoxy) is 1. The van der Waals surface area contributed by atoms with Gasteiger partial charge in [0.2, 0.25) is 0 Å². The molecule has 4 amide bonds. The van der Waals surface area contributed by atoms with Crippen molar-refractivity contribution in [1.29, 1.82) is 0 Å². The van der Waals surface area contributed by atoms with Gasteiger partial charge in [-0.1, -0.05) is 28.8 Å². The van der Waals surface area contributed by atoms with Crippen molar-refractivity contribution in [1.82, 2.24) is 20.2 Å². The van der Waals surface area contributed by atoms with Gasteiger partial charge in [0.1, 0.15) is 17.7 Å². The Labute approximate surface area is 215 Å². The number of hydrogen-bond acceptors (Lipinski definition) is 7. The van der Waals surface area contributed by atoms with Gasteiger partial charge in [-0.15, -0.1) is 0 Å². The number of nitrogens with zero attached hydrogens (tertiary/aromatic N) is 3. The first-order valence-electron chi connectivity index (χ1n) is 12.3. The fraction of sp³-hybridized carbons (Fsp3) is 0.600. The molecule has 0 aliphatic carbocycles. The van der Waals surface area contributed by atoms with E-state index in [2.05, 4.69) is 5.32 Å². The second kappa shape index (κ2) is 10.6. The van der Waals surface area contributed by atoms with E-state index < -0.39 is 41.7 Å². The molecule has 1 aromatic rings. The molecule has 36 heavy (non-hydrogen) atoms. The molecule has 3 fully saturated rings. The standard InChI is InChI=1S/C25H33ClN4O6/c1-25(2,3)35-22(32)20-15-27-14-19-21(31)30(23(33)29(19)20)36-24(34)28-12-10-17(11-13-28)5-4-16-6-8-18(26)9-7-16/h6-9,17,19-20,27H,4-5,10-15H2,1-3H3. The number of halogens is 1. The summed E-state index contributed by atoms with van der Waals surface area (Å²) in [4.78, 5) is 59.3. The van der Waals surface area contributed by atoms with Gasteiger partial charge >= 0.3 is 18.1 Å². The molecule has 11 heteroatoms. The van der Waals surface area contributed by atoms with Crippen molar-refractivity contribution >= 4 is 35.6 Å². The predicted molar refractivity (Wildman–Crippen MR) is 131 cm³/mol. The number of piperazine rings is 1.